The quantitative estimate of drug-likeness (QED) is 0.751. The van der Waals surface area contributed by atoms with E-state index >= 15 is 0 Å². The predicted octanol–water partition coefficient (Wildman–Crippen LogP) is 1.82. The number of carbonyl (C=O) groups excluding carboxylic acids is 1. The molecule has 0 aromatic carbocycles. The fourth-order valence-electron chi connectivity index (χ4n) is 2.78. The lowest BCUT2D eigenvalue weighted by molar-refractivity contribution is -0.124. The van der Waals surface area contributed by atoms with Crippen LogP contribution < -0.4 is 10.6 Å². The van der Waals surface area contributed by atoms with Gasteiger partial charge in [-0.3, -0.25) is 4.79 Å². The molecule has 1 heterocycles. The van der Waals surface area contributed by atoms with Crippen LogP contribution in [0.5, 0.6) is 0 Å². The maximum Gasteiger partial charge on any atom is 0.237 e. The number of hydrogen-bond acceptors (Lipinski definition) is 2. The molecule has 92 valence electrons. The molecule has 1 amide bonds. The van der Waals surface area contributed by atoms with Gasteiger partial charge in [-0.15, -0.1) is 0 Å². The third-order valence-electron chi connectivity index (χ3n) is 3.99. The van der Waals surface area contributed by atoms with Crippen molar-refractivity contribution in [1.82, 2.24) is 10.6 Å². The molecule has 2 rings (SSSR count). The van der Waals surface area contributed by atoms with Crippen molar-refractivity contribution in [2.45, 2.75) is 64.0 Å². The van der Waals surface area contributed by atoms with Crippen molar-refractivity contribution in [1.29, 1.82) is 0 Å². The summed E-state index contributed by atoms with van der Waals surface area (Å²) in [4.78, 5) is 12.0. The standard InChI is InChI=1S/C13H24N2O/c1-10-5-7-11(8-6-10)15-13(16)12-4-2-3-9-14-12/h10-12,14H,2-9H2,1H3,(H,15,16). The first-order valence-corrected chi connectivity index (χ1v) is 6.79. The van der Waals surface area contributed by atoms with Crippen molar-refractivity contribution in [2.75, 3.05) is 6.54 Å². The van der Waals surface area contributed by atoms with E-state index in [1.807, 2.05) is 0 Å². The van der Waals surface area contributed by atoms with E-state index in [1.54, 1.807) is 0 Å². The Labute approximate surface area is 98.4 Å². The number of nitrogens with one attached hydrogen (secondary N) is 2. The first kappa shape index (κ1) is 11.9. The average molecular weight is 224 g/mol. The molecule has 1 aliphatic heterocycles. The predicted molar refractivity (Wildman–Crippen MR) is 65.2 cm³/mol. The molecule has 1 saturated heterocycles. The van der Waals surface area contributed by atoms with Crippen LogP contribution in [-0.2, 0) is 4.79 Å². The van der Waals surface area contributed by atoms with Gasteiger partial charge in [0.1, 0.15) is 0 Å². The van der Waals surface area contributed by atoms with E-state index in [9.17, 15) is 4.79 Å². The molecule has 16 heavy (non-hydrogen) atoms. The molecule has 0 aromatic heterocycles. The monoisotopic (exact) mass is 224 g/mol. The van der Waals surface area contributed by atoms with Crippen LogP contribution >= 0.6 is 0 Å². The highest BCUT2D eigenvalue weighted by Crippen LogP contribution is 2.23. The van der Waals surface area contributed by atoms with Crippen LogP contribution in [0.1, 0.15) is 51.9 Å². The first-order chi connectivity index (χ1) is 7.75. The van der Waals surface area contributed by atoms with Gasteiger partial charge >= 0.3 is 0 Å². The SMILES string of the molecule is CC1CCC(NC(=O)C2CCCCN2)CC1. The summed E-state index contributed by atoms with van der Waals surface area (Å²) in [5.41, 5.74) is 0. The van der Waals surface area contributed by atoms with E-state index in [4.69, 9.17) is 0 Å². The normalized spacial score (nSPS) is 35.7. The Hall–Kier alpha value is -0.570. The van der Waals surface area contributed by atoms with Gasteiger partial charge in [0.2, 0.25) is 5.91 Å². The molecule has 2 fully saturated rings. The molecule has 1 aliphatic carbocycles. The van der Waals surface area contributed by atoms with Gasteiger partial charge in [0, 0.05) is 6.04 Å². The second-order valence-electron chi connectivity index (χ2n) is 5.47. The van der Waals surface area contributed by atoms with Crippen molar-refractivity contribution in [3.8, 4) is 0 Å². The fraction of sp³-hybridized carbons (Fsp3) is 0.923. The Morgan fingerprint density at radius 1 is 1.12 bits per heavy atom. The second kappa shape index (κ2) is 5.67. The van der Waals surface area contributed by atoms with Crippen LogP contribution in [0.2, 0.25) is 0 Å². The third kappa shape index (κ3) is 3.21. The molecule has 3 heteroatoms. The summed E-state index contributed by atoms with van der Waals surface area (Å²) in [6.45, 7) is 3.31. The summed E-state index contributed by atoms with van der Waals surface area (Å²) >= 11 is 0. The maximum absolute atomic E-state index is 12.0. The minimum absolute atomic E-state index is 0.0769. The van der Waals surface area contributed by atoms with Gasteiger partial charge in [0.25, 0.3) is 0 Å². The molecule has 0 bridgehead atoms. The topological polar surface area (TPSA) is 41.1 Å². The largest absolute Gasteiger partial charge is 0.352 e. The number of rotatable bonds is 2. The summed E-state index contributed by atoms with van der Waals surface area (Å²) in [6.07, 6.45) is 8.28. The second-order valence-corrected chi connectivity index (χ2v) is 5.47. The summed E-state index contributed by atoms with van der Waals surface area (Å²) in [7, 11) is 0. The van der Waals surface area contributed by atoms with Gasteiger partial charge in [-0.2, -0.15) is 0 Å². The lowest BCUT2D eigenvalue weighted by atomic mass is 9.87. The highest BCUT2D eigenvalue weighted by Gasteiger charge is 2.24. The molecule has 3 nitrogen and oxygen atoms in total. The van der Waals surface area contributed by atoms with Crippen molar-refractivity contribution < 1.29 is 4.79 Å². The number of carbonyl (C=O) groups is 1. The molecule has 2 aliphatic rings. The van der Waals surface area contributed by atoms with Gasteiger partial charge in [-0.25, -0.2) is 0 Å². The molecule has 1 atom stereocenters. The van der Waals surface area contributed by atoms with E-state index in [0.29, 0.717) is 6.04 Å². The Balaban J connectivity index is 1.73. The lowest BCUT2D eigenvalue weighted by Crippen LogP contribution is -2.50. The Morgan fingerprint density at radius 3 is 2.50 bits per heavy atom. The van der Waals surface area contributed by atoms with Crippen LogP contribution in [0.4, 0.5) is 0 Å². The zero-order chi connectivity index (χ0) is 11.4. The summed E-state index contributed by atoms with van der Waals surface area (Å²) < 4.78 is 0. The zero-order valence-electron chi connectivity index (χ0n) is 10.3. The van der Waals surface area contributed by atoms with Gasteiger partial charge in [-0.1, -0.05) is 13.3 Å². The van der Waals surface area contributed by atoms with Gasteiger partial charge in [-0.05, 0) is 51.0 Å². The van der Waals surface area contributed by atoms with Crippen LogP contribution in [0.3, 0.4) is 0 Å². The van der Waals surface area contributed by atoms with E-state index < -0.39 is 0 Å². The van der Waals surface area contributed by atoms with Gasteiger partial charge in [0.15, 0.2) is 0 Å². The average Bonchev–Trinajstić information content (AvgIpc) is 2.33. The summed E-state index contributed by atoms with van der Waals surface area (Å²) in [5.74, 6) is 1.08. The van der Waals surface area contributed by atoms with Crippen LogP contribution in [0.25, 0.3) is 0 Å². The third-order valence-corrected chi connectivity index (χ3v) is 3.99. The summed E-state index contributed by atoms with van der Waals surface area (Å²) in [6, 6.07) is 0.514. The molecule has 1 unspecified atom stereocenters. The van der Waals surface area contributed by atoms with Gasteiger partial charge in [0.05, 0.1) is 6.04 Å². The van der Waals surface area contributed by atoms with Crippen molar-refractivity contribution >= 4 is 5.91 Å². The minimum atomic E-state index is 0.0769. The van der Waals surface area contributed by atoms with E-state index in [-0.39, 0.29) is 11.9 Å². The molecule has 1 saturated carbocycles. The maximum atomic E-state index is 12.0. The molecule has 0 aromatic rings. The van der Waals surface area contributed by atoms with E-state index in [0.717, 1.165) is 18.9 Å². The number of piperidine rings is 1. The van der Waals surface area contributed by atoms with E-state index in [2.05, 4.69) is 17.6 Å². The number of hydrogen-bond donors (Lipinski definition) is 2. The summed E-state index contributed by atoms with van der Waals surface area (Å²) in [5, 5.41) is 6.51. The molecule has 0 radical (unpaired) electrons. The Morgan fingerprint density at radius 2 is 1.88 bits per heavy atom. The first-order valence-electron chi connectivity index (χ1n) is 6.79. The zero-order valence-corrected chi connectivity index (χ0v) is 10.3. The Bertz CT molecular complexity index is 228. The number of amides is 1. The molecule has 2 N–H and O–H groups in total. The van der Waals surface area contributed by atoms with Crippen LogP contribution in [0.15, 0.2) is 0 Å². The smallest absolute Gasteiger partial charge is 0.237 e. The van der Waals surface area contributed by atoms with Crippen molar-refractivity contribution in [3.63, 3.8) is 0 Å². The fourth-order valence-corrected chi connectivity index (χ4v) is 2.78. The molecular formula is C13H24N2O. The Kier molecular flexibility index (Phi) is 4.22. The van der Waals surface area contributed by atoms with Crippen molar-refractivity contribution in [3.05, 3.63) is 0 Å². The van der Waals surface area contributed by atoms with Gasteiger partial charge < -0.3 is 10.6 Å². The lowest BCUT2D eigenvalue weighted by Gasteiger charge is -2.30. The van der Waals surface area contributed by atoms with Crippen molar-refractivity contribution in [2.24, 2.45) is 5.92 Å². The minimum Gasteiger partial charge on any atom is -0.352 e. The van der Waals surface area contributed by atoms with Crippen LogP contribution in [-0.4, -0.2) is 24.5 Å². The van der Waals surface area contributed by atoms with E-state index in [1.165, 1.54) is 38.5 Å². The van der Waals surface area contributed by atoms with Crippen LogP contribution in [0, 0.1) is 5.92 Å². The molecular weight excluding hydrogens is 200 g/mol. The highest BCUT2D eigenvalue weighted by molar-refractivity contribution is 5.82. The molecule has 0 spiro atoms. The highest BCUT2D eigenvalue weighted by atomic mass is 16.2.